The van der Waals surface area contributed by atoms with E-state index in [1.165, 1.54) is 14.3 Å². The molecule has 0 aromatic heterocycles. The largest absolute Gasteiger partial charge is 0.0476 e. The molecule has 0 saturated heterocycles. The van der Waals surface area contributed by atoms with Crippen molar-refractivity contribution in [2.75, 3.05) is 0 Å². The van der Waals surface area contributed by atoms with Gasteiger partial charge in [-0.1, -0.05) is 0 Å². The summed E-state index contributed by atoms with van der Waals surface area (Å²) in [5.74, 6) is 0. The molecule has 0 saturated carbocycles. The lowest BCUT2D eigenvalue weighted by Gasteiger charge is -1.88. The summed E-state index contributed by atoms with van der Waals surface area (Å²) < 4.78 is 5.86. The maximum absolute atomic E-state index is 2.41. The molecule has 1 aliphatic rings. The highest BCUT2D eigenvalue weighted by molar-refractivity contribution is 14.1. The molecule has 9 heavy (non-hydrogen) atoms. The van der Waals surface area contributed by atoms with Crippen LogP contribution in [-0.2, 0) is 0 Å². The van der Waals surface area contributed by atoms with Crippen LogP contribution in [0.15, 0.2) is 14.3 Å². The molecular formula is C5H2I4. The van der Waals surface area contributed by atoms with Crippen molar-refractivity contribution in [3.05, 3.63) is 14.3 Å². The first-order valence-electron chi connectivity index (χ1n) is 2.21. The van der Waals surface area contributed by atoms with Crippen molar-refractivity contribution in [3.8, 4) is 0 Å². The molecule has 0 fully saturated rings. The number of allylic oxidation sites excluding steroid dienone is 4. The first-order chi connectivity index (χ1) is 4.13. The molecule has 0 N–H and O–H groups in total. The van der Waals surface area contributed by atoms with Crippen molar-refractivity contribution < 1.29 is 0 Å². The molecule has 1 aliphatic carbocycles. The van der Waals surface area contributed by atoms with E-state index in [0.29, 0.717) is 0 Å². The highest BCUT2D eigenvalue weighted by Gasteiger charge is 2.16. The Kier molecular flexibility index (Phi) is 4.08. The zero-order valence-electron chi connectivity index (χ0n) is 4.22. The molecule has 0 nitrogen and oxygen atoms in total. The monoisotopic (exact) mass is 570 g/mol. The van der Waals surface area contributed by atoms with Crippen molar-refractivity contribution in [1.29, 1.82) is 0 Å². The molecule has 0 heterocycles. The Balaban J connectivity index is 2.97. The second-order valence-corrected chi connectivity index (χ2v) is 6.38. The van der Waals surface area contributed by atoms with Crippen molar-refractivity contribution in [2.45, 2.75) is 6.42 Å². The molecule has 50 valence electrons. The number of rotatable bonds is 0. The van der Waals surface area contributed by atoms with Crippen LogP contribution in [0.2, 0.25) is 0 Å². The Morgan fingerprint density at radius 2 is 1.11 bits per heavy atom. The van der Waals surface area contributed by atoms with Crippen LogP contribution in [0.25, 0.3) is 0 Å². The minimum atomic E-state index is 1.16. The number of hydrogen-bond acceptors (Lipinski definition) is 0. The molecule has 1 rings (SSSR count). The van der Waals surface area contributed by atoms with Gasteiger partial charge in [-0.05, 0) is 90.4 Å². The van der Waals surface area contributed by atoms with Crippen LogP contribution in [0.4, 0.5) is 0 Å². The second kappa shape index (κ2) is 3.87. The molecule has 0 aromatic rings. The summed E-state index contributed by atoms with van der Waals surface area (Å²) in [6, 6.07) is 0. The fourth-order valence-corrected chi connectivity index (χ4v) is 4.63. The first kappa shape index (κ1) is 9.49. The molecule has 0 atom stereocenters. The summed E-state index contributed by atoms with van der Waals surface area (Å²) in [5.41, 5.74) is 0. The van der Waals surface area contributed by atoms with E-state index in [1.807, 2.05) is 0 Å². The van der Waals surface area contributed by atoms with E-state index in [2.05, 4.69) is 90.4 Å². The topological polar surface area (TPSA) is 0 Å². The van der Waals surface area contributed by atoms with Crippen LogP contribution < -0.4 is 0 Å². The van der Waals surface area contributed by atoms with Crippen LogP contribution in [0.5, 0.6) is 0 Å². The third-order valence-electron chi connectivity index (χ3n) is 0.979. The molecule has 0 unspecified atom stereocenters. The number of hydrogen-bond donors (Lipinski definition) is 0. The normalized spacial score (nSPS) is 20.0. The van der Waals surface area contributed by atoms with E-state index in [9.17, 15) is 0 Å². The Hall–Kier alpha value is 2.40. The first-order valence-corrected chi connectivity index (χ1v) is 6.53. The van der Waals surface area contributed by atoms with E-state index in [1.54, 1.807) is 0 Å². The van der Waals surface area contributed by atoms with Crippen LogP contribution >= 0.6 is 90.4 Å². The van der Waals surface area contributed by atoms with Gasteiger partial charge < -0.3 is 0 Å². The Labute approximate surface area is 109 Å². The van der Waals surface area contributed by atoms with Crippen molar-refractivity contribution >= 4 is 90.4 Å². The van der Waals surface area contributed by atoms with Gasteiger partial charge in [-0.2, -0.15) is 0 Å². The van der Waals surface area contributed by atoms with E-state index in [0.717, 1.165) is 6.42 Å². The van der Waals surface area contributed by atoms with Crippen molar-refractivity contribution in [1.82, 2.24) is 0 Å². The Morgan fingerprint density at radius 3 is 1.22 bits per heavy atom. The average Bonchev–Trinajstić information content (AvgIpc) is 1.98. The van der Waals surface area contributed by atoms with Gasteiger partial charge in [0.2, 0.25) is 0 Å². The van der Waals surface area contributed by atoms with Gasteiger partial charge in [-0.3, -0.25) is 0 Å². The maximum atomic E-state index is 2.41. The van der Waals surface area contributed by atoms with E-state index in [4.69, 9.17) is 0 Å². The fraction of sp³-hybridized carbons (Fsp3) is 0.200. The van der Waals surface area contributed by atoms with Crippen LogP contribution in [0.1, 0.15) is 6.42 Å². The lowest BCUT2D eigenvalue weighted by Crippen LogP contribution is -1.61. The van der Waals surface area contributed by atoms with Gasteiger partial charge in [-0.25, -0.2) is 0 Å². The smallest absolute Gasteiger partial charge is 0.0367 e. The van der Waals surface area contributed by atoms with Crippen LogP contribution in [0.3, 0.4) is 0 Å². The Morgan fingerprint density at radius 1 is 0.778 bits per heavy atom. The zero-order valence-corrected chi connectivity index (χ0v) is 12.8. The predicted molar refractivity (Wildman–Crippen MR) is 74.7 cm³/mol. The van der Waals surface area contributed by atoms with Gasteiger partial charge in [0.15, 0.2) is 0 Å². The lowest BCUT2D eigenvalue weighted by atomic mass is 10.5. The number of halogens is 4. The summed E-state index contributed by atoms with van der Waals surface area (Å²) in [7, 11) is 0. The molecule has 4 heteroatoms. The van der Waals surface area contributed by atoms with Gasteiger partial charge >= 0.3 is 0 Å². The summed E-state index contributed by atoms with van der Waals surface area (Å²) in [5, 5.41) is 0. The summed E-state index contributed by atoms with van der Waals surface area (Å²) >= 11 is 9.62. The zero-order chi connectivity index (χ0) is 7.02. The SMILES string of the molecule is IC1=C(I)C(I)=C(I)C1. The molecular weight excluding hydrogens is 568 g/mol. The Bertz CT molecular complexity index is 179. The maximum Gasteiger partial charge on any atom is 0.0367 e. The quantitative estimate of drug-likeness (QED) is 0.376. The van der Waals surface area contributed by atoms with E-state index < -0.39 is 0 Å². The predicted octanol–water partition coefficient (Wildman–Crippen LogP) is 4.55. The lowest BCUT2D eigenvalue weighted by molar-refractivity contribution is 1.42. The van der Waals surface area contributed by atoms with Gasteiger partial charge in [0.1, 0.15) is 0 Å². The van der Waals surface area contributed by atoms with Crippen LogP contribution in [-0.4, -0.2) is 0 Å². The summed E-state index contributed by atoms with van der Waals surface area (Å²) in [4.78, 5) is 0. The van der Waals surface area contributed by atoms with Crippen molar-refractivity contribution in [3.63, 3.8) is 0 Å². The standard InChI is InChI=1S/C5H2I4/c6-2-1-3(7)5(9)4(2)8/h1H2. The summed E-state index contributed by atoms with van der Waals surface area (Å²) in [6.07, 6.45) is 1.16. The molecule has 0 bridgehead atoms. The molecule has 0 aliphatic heterocycles. The summed E-state index contributed by atoms with van der Waals surface area (Å²) in [6.45, 7) is 0. The van der Waals surface area contributed by atoms with Gasteiger partial charge in [-0.15, -0.1) is 0 Å². The second-order valence-electron chi connectivity index (χ2n) is 1.61. The van der Waals surface area contributed by atoms with E-state index >= 15 is 0 Å². The molecule has 0 radical (unpaired) electrons. The van der Waals surface area contributed by atoms with Gasteiger partial charge in [0, 0.05) is 20.7 Å². The highest BCUT2D eigenvalue weighted by atomic mass is 127. The third-order valence-corrected chi connectivity index (χ3v) is 8.30. The molecule has 0 aromatic carbocycles. The fourth-order valence-electron chi connectivity index (χ4n) is 0.530. The molecule has 0 spiro atoms. The van der Waals surface area contributed by atoms with E-state index in [-0.39, 0.29) is 0 Å². The minimum Gasteiger partial charge on any atom is -0.0476 e. The third kappa shape index (κ3) is 2.17. The van der Waals surface area contributed by atoms with Crippen LogP contribution in [0, 0.1) is 0 Å². The van der Waals surface area contributed by atoms with Gasteiger partial charge in [0.25, 0.3) is 0 Å². The highest BCUT2D eigenvalue weighted by Crippen LogP contribution is 2.45. The minimum absolute atomic E-state index is 1.16. The average molecular weight is 570 g/mol. The molecule has 0 amide bonds. The van der Waals surface area contributed by atoms with Gasteiger partial charge in [0.05, 0.1) is 0 Å². The van der Waals surface area contributed by atoms with Crippen molar-refractivity contribution in [2.24, 2.45) is 0 Å².